The van der Waals surface area contributed by atoms with Gasteiger partial charge in [-0.2, -0.15) is 0 Å². The Labute approximate surface area is 100 Å². The lowest BCUT2D eigenvalue weighted by Crippen LogP contribution is -1.69. The number of hydrogen-bond donors (Lipinski definition) is 0. The number of allylic oxidation sites excluding steroid dienone is 2. The summed E-state index contributed by atoms with van der Waals surface area (Å²) in [4.78, 5) is 0. The van der Waals surface area contributed by atoms with Crippen molar-refractivity contribution in [1.29, 1.82) is 0 Å². The summed E-state index contributed by atoms with van der Waals surface area (Å²) in [6, 6.07) is 10.0. The van der Waals surface area contributed by atoms with Crippen molar-refractivity contribution >= 4 is 6.08 Å². The van der Waals surface area contributed by atoms with Crippen molar-refractivity contribution in [3.05, 3.63) is 67.8 Å². The van der Waals surface area contributed by atoms with E-state index in [4.69, 9.17) is 0 Å². The van der Waals surface area contributed by atoms with Gasteiger partial charge in [-0.1, -0.05) is 55.1 Å². The fraction of sp³-hybridized carbons (Fsp3) is 0.250. The summed E-state index contributed by atoms with van der Waals surface area (Å²) in [6.45, 7) is 10.9. The normalized spacial score (nSPS) is 8.50. The van der Waals surface area contributed by atoms with Crippen LogP contribution in [0.1, 0.15) is 31.2 Å². The Morgan fingerprint density at radius 2 is 1.31 bits per heavy atom. The first-order valence-corrected chi connectivity index (χ1v) is 5.74. The predicted molar refractivity (Wildman–Crippen MR) is 75.4 cm³/mol. The molecule has 1 rings (SSSR count). The van der Waals surface area contributed by atoms with Gasteiger partial charge in [-0.15, -0.1) is 13.2 Å². The van der Waals surface area contributed by atoms with Gasteiger partial charge in [-0.25, -0.2) is 0 Å². The lowest BCUT2D eigenvalue weighted by atomic mass is 10.2. The van der Waals surface area contributed by atoms with E-state index in [0.717, 1.165) is 12.8 Å². The molecular formula is C16H22. The van der Waals surface area contributed by atoms with Crippen LogP contribution in [0.5, 0.6) is 0 Å². The summed E-state index contributed by atoms with van der Waals surface area (Å²) < 4.78 is 0. The second-order valence-corrected chi connectivity index (χ2v) is 3.48. The molecule has 0 atom stereocenters. The third-order valence-electron chi connectivity index (χ3n) is 2.10. The average Bonchev–Trinajstić information content (AvgIpc) is 2.36. The van der Waals surface area contributed by atoms with Crippen molar-refractivity contribution in [2.24, 2.45) is 0 Å². The molecule has 0 N–H and O–H groups in total. The maximum absolute atomic E-state index is 3.63. The summed E-state index contributed by atoms with van der Waals surface area (Å²) in [5.74, 6) is 0. The number of benzene rings is 1. The summed E-state index contributed by atoms with van der Waals surface area (Å²) in [5.41, 5.74) is 1.17. The van der Waals surface area contributed by atoms with E-state index in [-0.39, 0.29) is 0 Å². The minimum absolute atomic E-state index is 1.15. The smallest absolute Gasteiger partial charge is 0.0263 e. The van der Waals surface area contributed by atoms with E-state index in [9.17, 15) is 0 Å². The van der Waals surface area contributed by atoms with Crippen molar-refractivity contribution < 1.29 is 0 Å². The van der Waals surface area contributed by atoms with Crippen molar-refractivity contribution in [3.8, 4) is 0 Å². The molecule has 86 valence electrons. The van der Waals surface area contributed by atoms with E-state index >= 15 is 0 Å². The van der Waals surface area contributed by atoms with Gasteiger partial charge >= 0.3 is 0 Å². The fourth-order valence-electron chi connectivity index (χ4n) is 1.17. The zero-order valence-corrected chi connectivity index (χ0v) is 10.1. The van der Waals surface area contributed by atoms with Gasteiger partial charge in [0.15, 0.2) is 0 Å². The Balaban J connectivity index is 0.000000281. The molecule has 0 fully saturated rings. The molecule has 1 aromatic rings. The molecule has 0 amide bonds. The van der Waals surface area contributed by atoms with Crippen LogP contribution in [0.15, 0.2) is 62.2 Å². The summed E-state index contributed by atoms with van der Waals surface area (Å²) in [7, 11) is 0. The second-order valence-electron chi connectivity index (χ2n) is 3.48. The van der Waals surface area contributed by atoms with E-state index < -0.39 is 0 Å². The first-order chi connectivity index (χ1) is 7.85. The molecule has 0 unspecified atom stereocenters. The first kappa shape index (κ1) is 14.4. The summed E-state index contributed by atoms with van der Waals surface area (Å²) in [6.07, 6.45) is 10.6. The highest BCUT2D eigenvalue weighted by Gasteiger charge is 1.79. The Bertz CT molecular complexity index is 272. The zero-order valence-electron chi connectivity index (χ0n) is 10.1. The molecule has 1 aromatic carbocycles. The largest absolute Gasteiger partial charge is 0.103 e. The van der Waals surface area contributed by atoms with Crippen LogP contribution in [-0.2, 0) is 0 Å². The molecule has 0 aliphatic heterocycles. The van der Waals surface area contributed by atoms with E-state index in [1.54, 1.807) is 0 Å². The Kier molecular flexibility index (Phi) is 10.4. The van der Waals surface area contributed by atoms with Crippen LogP contribution in [-0.4, -0.2) is 0 Å². The van der Waals surface area contributed by atoms with E-state index in [1.165, 1.54) is 18.4 Å². The second kappa shape index (κ2) is 11.5. The van der Waals surface area contributed by atoms with Gasteiger partial charge in [0.2, 0.25) is 0 Å². The van der Waals surface area contributed by atoms with Gasteiger partial charge in [0.25, 0.3) is 0 Å². The van der Waals surface area contributed by atoms with Crippen molar-refractivity contribution in [1.82, 2.24) is 0 Å². The third-order valence-corrected chi connectivity index (χ3v) is 2.10. The zero-order chi connectivity index (χ0) is 12.1. The van der Waals surface area contributed by atoms with E-state index in [1.807, 2.05) is 48.6 Å². The van der Waals surface area contributed by atoms with Gasteiger partial charge in [0.1, 0.15) is 0 Å². The van der Waals surface area contributed by atoms with E-state index in [2.05, 4.69) is 19.7 Å². The quantitative estimate of drug-likeness (QED) is 0.448. The van der Waals surface area contributed by atoms with Crippen LogP contribution in [0.2, 0.25) is 0 Å². The molecular weight excluding hydrogens is 192 g/mol. The minimum Gasteiger partial charge on any atom is -0.103 e. The van der Waals surface area contributed by atoms with Crippen LogP contribution in [0, 0.1) is 0 Å². The number of hydrogen-bond acceptors (Lipinski definition) is 0. The maximum atomic E-state index is 3.63. The highest BCUT2D eigenvalue weighted by atomic mass is 13.9. The number of unbranched alkanes of at least 4 members (excludes halogenated alkanes) is 3. The van der Waals surface area contributed by atoms with Crippen molar-refractivity contribution in [2.75, 3.05) is 0 Å². The summed E-state index contributed by atoms with van der Waals surface area (Å²) in [5, 5.41) is 0. The van der Waals surface area contributed by atoms with Crippen LogP contribution in [0.25, 0.3) is 6.08 Å². The van der Waals surface area contributed by atoms with Crippen LogP contribution in [0.3, 0.4) is 0 Å². The third kappa shape index (κ3) is 9.01. The molecule has 0 aliphatic rings. The molecule has 16 heavy (non-hydrogen) atoms. The molecule has 0 radical (unpaired) electrons. The summed E-state index contributed by atoms with van der Waals surface area (Å²) >= 11 is 0. The number of rotatable bonds is 6. The van der Waals surface area contributed by atoms with Crippen LogP contribution < -0.4 is 0 Å². The highest BCUT2D eigenvalue weighted by molar-refractivity contribution is 5.45. The van der Waals surface area contributed by atoms with Gasteiger partial charge in [-0.3, -0.25) is 0 Å². The molecule has 0 spiro atoms. The standard InChI is InChI=1S/C8H8.C8H14/c1-2-8-6-4-3-5-7-8;1-3-5-7-8-6-4-2/h2-7H,1H2;3-4H,1-2,5-8H2. The molecule has 0 heterocycles. The Morgan fingerprint density at radius 1 is 0.812 bits per heavy atom. The fourth-order valence-corrected chi connectivity index (χ4v) is 1.17. The van der Waals surface area contributed by atoms with E-state index in [0.29, 0.717) is 0 Å². The monoisotopic (exact) mass is 214 g/mol. The van der Waals surface area contributed by atoms with Gasteiger partial charge < -0.3 is 0 Å². The lowest BCUT2D eigenvalue weighted by Gasteiger charge is -1.89. The predicted octanol–water partition coefficient (Wildman–Crippen LogP) is 5.25. The SMILES string of the molecule is C=CCCCCC=C.C=Cc1ccccc1. The van der Waals surface area contributed by atoms with Gasteiger partial charge in [-0.05, 0) is 31.2 Å². The van der Waals surface area contributed by atoms with Gasteiger partial charge in [0.05, 0.1) is 0 Å². The molecule has 0 aromatic heterocycles. The highest BCUT2D eigenvalue weighted by Crippen LogP contribution is 1.99. The average molecular weight is 214 g/mol. The minimum atomic E-state index is 1.15. The van der Waals surface area contributed by atoms with Crippen LogP contribution >= 0.6 is 0 Å². The first-order valence-electron chi connectivity index (χ1n) is 5.74. The van der Waals surface area contributed by atoms with Crippen LogP contribution in [0.4, 0.5) is 0 Å². The molecule has 0 saturated carbocycles. The Morgan fingerprint density at radius 3 is 1.62 bits per heavy atom. The molecule has 0 aliphatic carbocycles. The molecule has 0 heteroatoms. The van der Waals surface area contributed by atoms with Gasteiger partial charge in [0, 0.05) is 0 Å². The maximum Gasteiger partial charge on any atom is -0.0263 e. The van der Waals surface area contributed by atoms with Crippen molar-refractivity contribution in [3.63, 3.8) is 0 Å². The molecule has 0 bridgehead atoms. The molecule has 0 nitrogen and oxygen atoms in total. The molecule has 0 saturated heterocycles. The topological polar surface area (TPSA) is 0 Å². The van der Waals surface area contributed by atoms with Crippen molar-refractivity contribution in [2.45, 2.75) is 25.7 Å². The Hall–Kier alpha value is -1.56. The lowest BCUT2D eigenvalue weighted by molar-refractivity contribution is 0.764.